The van der Waals surface area contributed by atoms with E-state index >= 15 is 0 Å². The fourth-order valence-electron chi connectivity index (χ4n) is 0.819. The molecule has 0 aromatic heterocycles. The molecule has 0 aliphatic rings. The van der Waals surface area contributed by atoms with Gasteiger partial charge < -0.3 is 10.0 Å². The van der Waals surface area contributed by atoms with Crippen LogP contribution in [0.25, 0.3) is 0 Å². The van der Waals surface area contributed by atoms with E-state index in [-0.39, 0.29) is 5.56 Å². The van der Waals surface area contributed by atoms with Crippen LogP contribution in [0.2, 0.25) is 0 Å². The number of hydrogen-bond acceptors (Lipinski definition) is 2. The number of rotatable bonds is 2. The van der Waals surface area contributed by atoms with Gasteiger partial charge in [-0.2, -0.15) is 0 Å². The Morgan fingerprint density at radius 1 is 1.67 bits per heavy atom. The predicted octanol–water partition coefficient (Wildman–Crippen LogP) is 0.0679. The number of benzene rings is 1. The van der Waals surface area contributed by atoms with Crippen molar-refractivity contribution in [2.24, 2.45) is 0 Å². The molecule has 1 rings (SSSR count). The van der Waals surface area contributed by atoms with E-state index in [1.165, 1.54) is 0 Å². The normalized spacial score (nSPS) is 18.4. The highest BCUT2D eigenvalue weighted by Crippen LogP contribution is 2.01. The number of aryl methyl sites for hydroxylation is 1. The molecule has 0 amide bonds. The van der Waals surface area contributed by atoms with Gasteiger partial charge in [0, 0.05) is 12.3 Å². The quantitative estimate of drug-likeness (QED) is 0.621. The SMILES string of the molecule is [2H]C([2H])([2H])C([2H])([2H])c1ccc(F)c(B(O)O)c1. The van der Waals surface area contributed by atoms with Crippen LogP contribution >= 0.6 is 0 Å². The smallest absolute Gasteiger partial charge is 0.423 e. The van der Waals surface area contributed by atoms with Gasteiger partial charge in [0.1, 0.15) is 5.82 Å². The Morgan fingerprint density at radius 2 is 2.42 bits per heavy atom. The molecule has 0 spiro atoms. The monoisotopic (exact) mass is 173 g/mol. The van der Waals surface area contributed by atoms with E-state index in [9.17, 15) is 4.39 Å². The third-order valence-corrected chi connectivity index (χ3v) is 1.42. The van der Waals surface area contributed by atoms with Crippen molar-refractivity contribution < 1.29 is 21.3 Å². The molecule has 0 bridgehead atoms. The van der Waals surface area contributed by atoms with Gasteiger partial charge in [0.05, 0.1) is 0 Å². The summed E-state index contributed by atoms with van der Waals surface area (Å²) >= 11 is 0. The second-order valence-electron chi connectivity index (χ2n) is 2.23. The highest BCUT2D eigenvalue weighted by Gasteiger charge is 2.15. The van der Waals surface area contributed by atoms with Gasteiger partial charge >= 0.3 is 7.12 Å². The Labute approximate surface area is 77.8 Å². The summed E-state index contributed by atoms with van der Waals surface area (Å²) in [5, 5.41) is 17.7. The van der Waals surface area contributed by atoms with Gasteiger partial charge in [0.2, 0.25) is 0 Å². The molecule has 0 aliphatic carbocycles. The lowest BCUT2D eigenvalue weighted by molar-refractivity contribution is 0.423. The van der Waals surface area contributed by atoms with Crippen LogP contribution in [0, 0.1) is 5.82 Å². The van der Waals surface area contributed by atoms with Gasteiger partial charge in [-0.25, -0.2) is 4.39 Å². The minimum absolute atomic E-state index is 0.331. The molecular formula is C8H10BFO2. The molecule has 0 heterocycles. The zero-order chi connectivity index (χ0) is 13.4. The zero-order valence-electron chi connectivity index (χ0n) is 11.1. The first-order valence-corrected chi connectivity index (χ1v) is 3.23. The van der Waals surface area contributed by atoms with Crippen molar-refractivity contribution in [3.63, 3.8) is 0 Å². The molecule has 0 atom stereocenters. The Kier molecular flexibility index (Phi) is 1.35. The Hall–Kier alpha value is -0.865. The summed E-state index contributed by atoms with van der Waals surface area (Å²) in [6, 6.07) is 2.56. The maximum Gasteiger partial charge on any atom is 0.491 e. The molecule has 1 aromatic rings. The highest BCUT2D eigenvalue weighted by molar-refractivity contribution is 6.58. The second kappa shape index (κ2) is 3.69. The van der Waals surface area contributed by atoms with Gasteiger partial charge in [-0.05, 0) is 18.0 Å². The van der Waals surface area contributed by atoms with Crippen molar-refractivity contribution in [3.05, 3.63) is 29.6 Å². The molecule has 12 heavy (non-hydrogen) atoms. The van der Waals surface area contributed by atoms with Crippen LogP contribution in [-0.4, -0.2) is 17.2 Å². The van der Waals surface area contributed by atoms with Crippen LogP contribution < -0.4 is 5.46 Å². The van der Waals surface area contributed by atoms with E-state index in [4.69, 9.17) is 16.9 Å². The van der Waals surface area contributed by atoms with Gasteiger partial charge in [-0.1, -0.05) is 19.0 Å². The zero-order valence-corrected chi connectivity index (χ0v) is 6.08. The van der Waals surface area contributed by atoms with E-state index in [1.807, 2.05) is 0 Å². The first-order chi connectivity index (χ1) is 7.57. The van der Waals surface area contributed by atoms with E-state index in [2.05, 4.69) is 0 Å². The lowest BCUT2D eigenvalue weighted by Crippen LogP contribution is -2.32. The lowest BCUT2D eigenvalue weighted by atomic mass is 9.79. The molecule has 0 saturated carbocycles. The first kappa shape index (κ1) is 4.39. The molecule has 2 N–H and O–H groups in total. The van der Waals surface area contributed by atoms with Gasteiger partial charge in [-0.15, -0.1) is 0 Å². The molecule has 0 radical (unpaired) electrons. The lowest BCUT2D eigenvalue weighted by Gasteiger charge is -2.03. The van der Waals surface area contributed by atoms with Crippen LogP contribution in [0.3, 0.4) is 0 Å². The second-order valence-corrected chi connectivity index (χ2v) is 2.23. The van der Waals surface area contributed by atoms with E-state index in [1.54, 1.807) is 0 Å². The maximum atomic E-state index is 13.1. The van der Waals surface area contributed by atoms with Crippen LogP contribution in [0.5, 0.6) is 0 Å². The molecule has 0 fully saturated rings. The summed E-state index contributed by atoms with van der Waals surface area (Å²) in [6.07, 6.45) is -2.69. The molecule has 0 unspecified atom stereocenters. The van der Waals surface area contributed by atoms with Crippen LogP contribution in [0.4, 0.5) is 4.39 Å². The maximum absolute atomic E-state index is 13.1. The van der Waals surface area contributed by atoms with Gasteiger partial charge in [-0.3, -0.25) is 0 Å². The summed E-state index contributed by atoms with van der Waals surface area (Å²) in [4.78, 5) is 0. The minimum Gasteiger partial charge on any atom is -0.423 e. The Morgan fingerprint density at radius 3 is 3.00 bits per heavy atom. The fourth-order valence-corrected chi connectivity index (χ4v) is 0.819. The standard InChI is InChI=1S/C8H10BFO2/c1-2-6-3-4-8(10)7(5-6)9(11)12/h3-5,11-12H,2H2,1H3/i1D3,2D2. The van der Waals surface area contributed by atoms with Crippen LogP contribution in [-0.2, 0) is 6.37 Å². The van der Waals surface area contributed by atoms with E-state index in [0.29, 0.717) is 0 Å². The molecular weight excluding hydrogens is 158 g/mol. The first-order valence-electron chi connectivity index (χ1n) is 5.73. The van der Waals surface area contributed by atoms with E-state index < -0.39 is 31.6 Å². The van der Waals surface area contributed by atoms with Crippen molar-refractivity contribution in [2.75, 3.05) is 0 Å². The fraction of sp³-hybridized carbons (Fsp3) is 0.250. The molecule has 2 nitrogen and oxygen atoms in total. The van der Waals surface area contributed by atoms with Gasteiger partial charge in [0.15, 0.2) is 0 Å². The Balaban J connectivity index is 3.30. The van der Waals surface area contributed by atoms with Crippen molar-refractivity contribution >= 4 is 12.6 Å². The van der Waals surface area contributed by atoms with Gasteiger partial charge in [0.25, 0.3) is 0 Å². The van der Waals surface area contributed by atoms with Crippen LogP contribution in [0.1, 0.15) is 19.3 Å². The predicted molar refractivity (Wildman–Crippen MR) is 45.6 cm³/mol. The molecule has 1 aromatic carbocycles. The summed E-state index contributed by atoms with van der Waals surface area (Å²) in [7, 11) is -2.12. The molecule has 4 heteroatoms. The molecule has 0 aliphatic heterocycles. The summed E-state index contributed by atoms with van der Waals surface area (Å²) in [5.74, 6) is -0.940. The average Bonchev–Trinajstić information content (AvgIpc) is 2.15. The largest absolute Gasteiger partial charge is 0.491 e. The number of hydrogen-bond donors (Lipinski definition) is 2. The third kappa shape index (κ3) is 1.84. The van der Waals surface area contributed by atoms with Crippen LogP contribution in [0.15, 0.2) is 18.2 Å². The summed E-state index contributed by atoms with van der Waals surface area (Å²) in [5.41, 5.74) is -0.891. The highest BCUT2D eigenvalue weighted by atomic mass is 19.1. The van der Waals surface area contributed by atoms with Crippen molar-refractivity contribution in [1.82, 2.24) is 0 Å². The van der Waals surface area contributed by atoms with Crippen molar-refractivity contribution in [3.8, 4) is 0 Å². The minimum atomic E-state index is -2.93. The average molecular weight is 173 g/mol. The molecule has 64 valence electrons. The van der Waals surface area contributed by atoms with E-state index in [0.717, 1.165) is 18.2 Å². The Bertz CT molecular complexity index is 421. The summed E-state index contributed by atoms with van der Waals surface area (Å²) in [6.45, 7) is -2.93. The number of halogens is 1. The topological polar surface area (TPSA) is 40.5 Å². The third-order valence-electron chi connectivity index (χ3n) is 1.42. The van der Waals surface area contributed by atoms with Crippen molar-refractivity contribution in [2.45, 2.75) is 13.2 Å². The summed E-state index contributed by atoms with van der Waals surface area (Å²) < 4.78 is 49.1. The molecule has 0 saturated heterocycles. The van der Waals surface area contributed by atoms with Crippen molar-refractivity contribution in [1.29, 1.82) is 0 Å².